The van der Waals surface area contributed by atoms with Crippen molar-refractivity contribution in [2.45, 2.75) is 44.6 Å². The first-order valence-corrected chi connectivity index (χ1v) is 8.75. The molecule has 0 spiro atoms. The van der Waals surface area contributed by atoms with E-state index in [1.54, 1.807) is 0 Å². The van der Waals surface area contributed by atoms with E-state index in [4.69, 9.17) is 0 Å². The van der Waals surface area contributed by atoms with Gasteiger partial charge in [0.25, 0.3) is 0 Å². The van der Waals surface area contributed by atoms with Gasteiger partial charge in [0, 0.05) is 13.0 Å². The monoisotopic (exact) mass is 298 g/mol. The molecule has 3 heteroatoms. The van der Waals surface area contributed by atoms with Crippen molar-refractivity contribution in [1.82, 2.24) is 10.2 Å². The second-order valence-corrected chi connectivity index (χ2v) is 7.60. The van der Waals surface area contributed by atoms with Crippen molar-refractivity contribution in [1.29, 1.82) is 0 Å². The first-order valence-electron chi connectivity index (χ1n) is 8.75. The van der Waals surface area contributed by atoms with Crippen LogP contribution in [0.5, 0.6) is 0 Å². The number of carbonyl (C=O) groups is 1. The summed E-state index contributed by atoms with van der Waals surface area (Å²) in [6.45, 7) is 5.73. The quantitative estimate of drug-likeness (QED) is 0.927. The lowest BCUT2D eigenvalue weighted by Gasteiger charge is -2.44. The second-order valence-electron chi connectivity index (χ2n) is 7.60. The Hall–Kier alpha value is -1.35. The topological polar surface area (TPSA) is 32.3 Å². The van der Waals surface area contributed by atoms with Crippen LogP contribution in [0.4, 0.5) is 0 Å². The van der Waals surface area contributed by atoms with E-state index in [9.17, 15) is 4.79 Å². The van der Waals surface area contributed by atoms with Crippen molar-refractivity contribution in [2.24, 2.45) is 11.8 Å². The van der Waals surface area contributed by atoms with Crippen LogP contribution >= 0.6 is 0 Å². The maximum atomic E-state index is 12.6. The zero-order valence-corrected chi connectivity index (χ0v) is 13.5. The van der Waals surface area contributed by atoms with Crippen LogP contribution in [0, 0.1) is 18.8 Å². The highest BCUT2D eigenvalue weighted by Crippen LogP contribution is 2.46. The number of fused-ring (bicyclic) bond motifs is 3. The lowest BCUT2D eigenvalue weighted by atomic mass is 9.77. The average molecular weight is 298 g/mol. The Labute approximate surface area is 133 Å². The molecule has 4 fully saturated rings. The van der Waals surface area contributed by atoms with Gasteiger partial charge in [-0.15, -0.1) is 0 Å². The van der Waals surface area contributed by atoms with Gasteiger partial charge < -0.3 is 10.2 Å². The largest absolute Gasteiger partial charge is 0.347 e. The minimum Gasteiger partial charge on any atom is -0.347 e. The fraction of sp³-hybridized carbons (Fsp3) is 0.632. The van der Waals surface area contributed by atoms with Crippen molar-refractivity contribution < 1.29 is 4.79 Å². The molecule has 1 atom stereocenters. The van der Waals surface area contributed by atoms with Crippen LogP contribution in [0.3, 0.4) is 0 Å². The van der Waals surface area contributed by atoms with Gasteiger partial charge in [-0.25, -0.2) is 0 Å². The first kappa shape index (κ1) is 14.3. The summed E-state index contributed by atoms with van der Waals surface area (Å²) in [5.41, 5.74) is 2.50. The summed E-state index contributed by atoms with van der Waals surface area (Å²) in [5.74, 6) is 1.62. The van der Waals surface area contributed by atoms with Crippen LogP contribution in [0.15, 0.2) is 24.3 Å². The predicted octanol–water partition coefficient (Wildman–Crippen LogP) is 2.83. The number of nitrogens with one attached hydrogen (secondary N) is 1. The smallest absolute Gasteiger partial charge is 0.221 e. The van der Waals surface area contributed by atoms with Gasteiger partial charge in [0.05, 0.1) is 5.54 Å². The number of rotatable bonds is 4. The fourth-order valence-corrected chi connectivity index (χ4v) is 4.36. The molecule has 1 amide bonds. The van der Waals surface area contributed by atoms with Gasteiger partial charge in [-0.2, -0.15) is 0 Å². The number of amides is 1. The van der Waals surface area contributed by atoms with Crippen LogP contribution in [-0.2, 0) is 10.3 Å². The third kappa shape index (κ3) is 2.67. The lowest BCUT2D eigenvalue weighted by molar-refractivity contribution is -0.124. The molecule has 1 N–H and O–H groups in total. The van der Waals surface area contributed by atoms with Gasteiger partial charge in [0.15, 0.2) is 0 Å². The normalized spacial score (nSPS) is 31.8. The first-order chi connectivity index (χ1) is 10.6. The summed E-state index contributed by atoms with van der Waals surface area (Å²) in [6.07, 6.45) is 5.47. The molecule has 1 saturated carbocycles. The number of hydrogen-bond donors (Lipinski definition) is 1. The SMILES string of the molecule is Cc1ccc(C2(NC(=O)CC3CN4CCC3CC4)CC2)cc1. The molecule has 0 radical (unpaired) electrons. The number of hydrogen-bond acceptors (Lipinski definition) is 2. The number of benzene rings is 1. The molecule has 2 bridgehead atoms. The molecule has 3 saturated heterocycles. The second kappa shape index (κ2) is 5.38. The van der Waals surface area contributed by atoms with Gasteiger partial charge in [-0.3, -0.25) is 4.79 Å². The van der Waals surface area contributed by atoms with Crippen molar-refractivity contribution in [3.05, 3.63) is 35.4 Å². The Morgan fingerprint density at radius 1 is 1.23 bits per heavy atom. The predicted molar refractivity (Wildman–Crippen MR) is 87.5 cm³/mol. The van der Waals surface area contributed by atoms with Crippen molar-refractivity contribution in [3.8, 4) is 0 Å². The maximum absolute atomic E-state index is 12.6. The summed E-state index contributed by atoms with van der Waals surface area (Å²) in [7, 11) is 0. The van der Waals surface area contributed by atoms with E-state index in [1.807, 2.05) is 0 Å². The van der Waals surface area contributed by atoms with Gasteiger partial charge in [0.2, 0.25) is 5.91 Å². The molecule has 3 aliphatic heterocycles. The van der Waals surface area contributed by atoms with E-state index in [2.05, 4.69) is 41.4 Å². The van der Waals surface area contributed by atoms with Gasteiger partial charge in [-0.05, 0) is 63.1 Å². The number of nitrogens with zero attached hydrogens (tertiary/aromatic N) is 1. The van der Waals surface area contributed by atoms with E-state index in [0.29, 0.717) is 5.92 Å². The molecule has 1 aromatic carbocycles. The number of aryl methyl sites for hydroxylation is 1. The molecule has 4 aliphatic rings. The van der Waals surface area contributed by atoms with E-state index < -0.39 is 0 Å². The number of piperidine rings is 3. The Kier molecular flexibility index (Phi) is 3.48. The van der Waals surface area contributed by atoms with Crippen LogP contribution in [0.2, 0.25) is 0 Å². The summed E-state index contributed by atoms with van der Waals surface area (Å²) in [4.78, 5) is 15.1. The molecule has 5 rings (SSSR count). The van der Waals surface area contributed by atoms with Gasteiger partial charge in [-0.1, -0.05) is 29.8 Å². The molecule has 1 aromatic rings. The molecule has 1 aliphatic carbocycles. The van der Waals surface area contributed by atoms with Gasteiger partial charge >= 0.3 is 0 Å². The summed E-state index contributed by atoms with van der Waals surface area (Å²) >= 11 is 0. The number of carbonyl (C=O) groups excluding carboxylic acids is 1. The van der Waals surface area contributed by atoms with Crippen LogP contribution in [0.25, 0.3) is 0 Å². The summed E-state index contributed by atoms with van der Waals surface area (Å²) < 4.78 is 0. The molecular weight excluding hydrogens is 272 g/mol. The molecule has 3 nitrogen and oxygen atoms in total. The van der Waals surface area contributed by atoms with E-state index in [-0.39, 0.29) is 11.4 Å². The highest BCUT2D eigenvalue weighted by Gasteiger charge is 2.46. The summed E-state index contributed by atoms with van der Waals surface area (Å²) in [6, 6.07) is 8.65. The molecule has 22 heavy (non-hydrogen) atoms. The average Bonchev–Trinajstić information content (AvgIpc) is 3.29. The van der Waals surface area contributed by atoms with E-state index in [0.717, 1.165) is 31.7 Å². The standard InChI is InChI=1S/C19H26N2O/c1-14-2-4-17(5-3-14)19(8-9-19)20-18(22)12-16-13-21-10-6-15(16)7-11-21/h2-5,15-16H,6-13H2,1H3,(H,20,22). The lowest BCUT2D eigenvalue weighted by Crippen LogP contribution is -2.49. The fourth-order valence-electron chi connectivity index (χ4n) is 4.36. The van der Waals surface area contributed by atoms with Crippen molar-refractivity contribution in [3.63, 3.8) is 0 Å². The molecular formula is C19H26N2O. The van der Waals surface area contributed by atoms with E-state index in [1.165, 1.54) is 37.1 Å². The Balaban J connectivity index is 1.39. The van der Waals surface area contributed by atoms with Gasteiger partial charge in [0.1, 0.15) is 0 Å². The molecule has 0 aromatic heterocycles. The minimum atomic E-state index is -0.0568. The zero-order chi connectivity index (χ0) is 15.2. The van der Waals surface area contributed by atoms with Crippen molar-refractivity contribution in [2.75, 3.05) is 19.6 Å². The highest BCUT2D eigenvalue weighted by atomic mass is 16.1. The Morgan fingerprint density at radius 2 is 1.91 bits per heavy atom. The Morgan fingerprint density at radius 3 is 2.45 bits per heavy atom. The molecule has 1 unspecified atom stereocenters. The highest BCUT2D eigenvalue weighted by molar-refractivity contribution is 5.78. The Bertz CT molecular complexity index is 553. The summed E-state index contributed by atoms with van der Waals surface area (Å²) in [5, 5.41) is 3.35. The van der Waals surface area contributed by atoms with Crippen LogP contribution in [-0.4, -0.2) is 30.4 Å². The van der Waals surface area contributed by atoms with Crippen molar-refractivity contribution >= 4 is 5.91 Å². The third-order valence-electron chi connectivity index (χ3n) is 5.97. The zero-order valence-electron chi connectivity index (χ0n) is 13.5. The maximum Gasteiger partial charge on any atom is 0.221 e. The minimum absolute atomic E-state index is 0.0568. The van der Waals surface area contributed by atoms with Crippen LogP contribution < -0.4 is 5.32 Å². The molecule has 118 valence electrons. The van der Waals surface area contributed by atoms with Crippen LogP contribution in [0.1, 0.15) is 43.2 Å². The molecule has 3 heterocycles. The van der Waals surface area contributed by atoms with E-state index >= 15 is 0 Å². The third-order valence-corrected chi connectivity index (χ3v) is 5.97.